The zero-order chi connectivity index (χ0) is 15.6. The molecule has 2 rings (SSSR count). The van der Waals surface area contributed by atoms with Crippen LogP contribution < -0.4 is 5.32 Å². The van der Waals surface area contributed by atoms with Gasteiger partial charge in [0.15, 0.2) is 0 Å². The third kappa shape index (κ3) is 4.04. The Morgan fingerprint density at radius 2 is 2.14 bits per heavy atom. The first kappa shape index (κ1) is 16.0. The summed E-state index contributed by atoms with van der Waals surface area (Å²) in [6, 6.07) is 1.98. The molecule has 1 amide bonds. The molecule has 3 nitrogen and oxygen atoms in total. The van der Waals surface area contributed by atoms with Crippen molar-refractivity contribution in [1.82, 2.24) is 10.3 Å². The summed E-state index contributed by atoms with van der Waals surface area (Å²) < 4.78 is 37.6. The number of thiazole rings is 1. The van der Waals surface area contributed by atoms with Gasteiger partial charge in [0.1, 0.15) is 4.88 Å². The van der Waals surface area contributed by atoms with Gasteiger partial charge in [-0.15, -0.1) is 22.7 Å². The van der Waals surface area contributed by atoms with Gasteiger partial charge in [-0.05, 0) is 26.0 Å². The number of carbonyl (C=O) groups is 1. The molecule has 8 heteroatoms. The second kappa shape index (κ2) is 6.15. The monoisotopic (exact) mass is 334 g/mol. The smallest absolute Gasteiger partial charge is 0.348 e. The summed E-state index contributed by atoms with van der Waals surface area (Å²) in [7, 11) is 0. The minimum atomic E-state index is -4.34. The van der Waals surface area contributed by atoms with Crippen molar-refractivity contribution in [2.45, 2.75) is 32.5 Å². The molecule has 0 spiro atoms. The highest BCUT2D eigenvalue weighted by Crippen LogP contribution is 2.36. The Labute approximate surface area is 127 Å². The number of nitrogens with one attached hydrogen (secondary N) is 1. The molecule has 2 aromatic heterocycles. The number of hydrogen-bond acceptors (Lipinski definition) is 4. The van der Waals surface area contributed by atoms with Crippen LogP contribution in [-0.4, -0.2) is 10.9 Å². The maximum Gasteiger partial charge on any atom is 0.425 e. The highest BCUT2D eigenvalue weighted by atomic mass is 32.1. The van der Waals surface area contributed by atoms with Crippen LogP contribution in [0.5, 0.6) is 0 Å². The van der Waals surface area contributed by atoms with Gasteiger partial charge in [-0.3, -0.25) is 4.79 Å². The van der Waals surface area contributed by atoms with Crippen LogP contribution in [0, 0.1) is 6.92 Å². The van der Waals surface area contributed by atoms with E-state index >= 15 is 0 Å². The van der Waals surface area contributed by atoms with Gasteiger partial charge < -0.3 is 5.32 Å². The first-order valence-electron chi connectivity index (χ1n) is 6.12. The minimum Gasteiger partial charge on any atom is -0.348 e. The fraction of sp³-hybridized carbons (Fsp3) is 0.385. The van der Waals surface area contributed by atoms with Gasteiger partial charge >= 0.3 is 6.18 Å². The Balaban J connectivity index is 1.98. The molecule has 0 aliphatic carbocycles. The van der Waals surface area contributed by atoms with E-state index in [-0.39, 0.29) is 12.3 Å². The summed E-state index contributed by atoms with van der Waals surface area (Å²) >= 11 is 2.04. The number of alkyl halides is 3. The minimum absolute atomic E-state index is 0.193. The lowest BCUT2D eigenvalue weighted by atomic mass is 10.2. The van der Waals surface area contributed by atoms with E-state index in [0.29, 0.717) is 16.2 Å². The Kier molecular flexibility index (Phi) is 4.67. The molecule has 114 valence electrons. The summed E-state index contributed by atoms with van der Waals surface area (Å²) in [6.07, 6.45) is -4.15. The molecule has 0 aliphatic heterocycles. The Morgan fingerprint density at radius 3 is 2.67 bits per heavy atom. The van der Waals surface area contributed by atoms with Crippen LogP contribution in [0.2, 0.25) is 0 Å². The van der Waals surface area contributed by atoms with E-state index in [1.165, 1.54) is 17.4 Å². The van der Waals surface area contributed by atoms with Crippen LogP contribution in [0.4, 0.5) is 13.2 Å². The molecule has 2 heterocycles. The molecular weight excluding hydrogens is 321 g/mol. The molecule has 1 unspecified atom stereocenters. The number of halogens is 3. The fourth-order valence-corrected chi connectivity index (χ4v) is 3.40. The molecule has 2 aromatic rings. The number of thiophene rings is 1. The predicted octanol–water partition coefficient (Wildman–Crippen LogP) is 3.95. The quantitative estimate of drug-likeness (QED) is 0.920. The maximum absolute atomic E-state index is 12.5. The van der Waals surface area contributed by atoms with Crippen molar-refractivity contribution in [3.63, 3.8) is 0 Å². The second-order valence-corrected chi connectivity index (χ2v) is 6.58. The highest BCUT2D eigenvalue weighted by molar-refractivity contribution is 7.12. The van der Waals surface area contributed by atoms with Gasteiger partial charge in [-0.1, -0.05) is 0 Å². The SMILES string of the molecule is Cc1ncsc1CC(=O)NC(C)c1ccc(C(F)(F)F)s1. The van der Waals surface area contributed by atoms with Gasteiger partial charge in [0.2, 0.25) is 5.91 Å². The third-order valence-electron chi connectivity index (χ3n) is 2.88. The van der Waals surface area contributed by atoms with Gasteiger partial charge in [-0.2, -0.15) is 13.2 Å². The highest BCUT2D eigenvalue weighted by Gasteiger charge is 2.32. The number of carbonyl (C=O) groups excluding carboxylic acids is 1. The fourth-order valence-electron chi connectivity index (χ4n) is 1.74. The van der Waals surface area contributed by atoms with Gasteiger partial charge in [0, 0.05) is 9.75 Å². The normalized spacial score (nSPS) is 13.2. The number of nitrogens with zero attached hydrogens (tertiary/aromatic N) is 1. The van der Waals surface area contributed by atoms with Crippen LogP contribution in [0.25, 0.3) is 0 Å². The average Bonchev–Trinajstić information content (AvgIpc) is 2.98. The molecule has 0 saturated carbocycles. The molecule has 21 heavy (non-hydrogen) atoms. The number of aryl methyl sites for hydroxylation is 1. The van der Waals surface area contributed by atoms with E-state index in [1.54, 1.807) is 12.4 Å². The van der Waals surface area contributed by atoms with Gasteiger partial charge in [0.05, 0.1) is 23.7 Å². The zero-order valence-corrected chi connectivity index (χ0v) is 13.0. The van der Waals surface area contributed by atoms with Crippen LogP contribution in [-0.2, 0) is 17.4 Å². The molecule has 0 bridgehead atoms. The first-order valence-corrected chi connectivity index (χ1v) is 7.82. The van der Waals surface area contributed by atoms with Crippen molar-refractivity contribution in [3.8, 4) is 0 Å². The molecule has 0 aliphatic rings. The predicted molar refractivity (Wildman–Crippen MR) is 76.4 cm³/mol. The molecule has 1 atom stereocenters. The van der Waals surface area contributed by atoms with Crippen molar-refractivity contribution >= 4 is 28.6 Å². The molecule has 1 N–H and O–H groups in total. The van der Waals surface area contributed by atoms with E-state index in [9.17, 15) is 18.0 Å². The van der Waals surface area contributed by atoms with Crippen molar-refractivity contribution in [3.05, 3.63) is 38.0 Å². The van der Waals surface area contributed by atoms with E-state index in [0.717, 1.165) is 16.6 Å². The van der Waals surface area contributed by atoms with Crippen molar-refractivity contribution < 1.29 is 18.0 Å². The number of hydrogen-bond donors (Lipinski definition) is 1. The first-order chi connectivity index (χ1) is 9.77. The van der Waals surface area contributed by atoms with Gasteiger partial charge in [-0.25, -0.2) is 4.98 Å². The van der Waals surface area contributed by atoms with E-state index in [1.807, 2.05) is 6.92 Å². The Morgan fingerprint density at radius 1 is 1.43 bits per heavy atom. The van der Waals surface area contributed by atoms with E-state index in [4.69, 9.17) is 0 Å². The average molecular weight is 334 g/mol. The Hall–Kier alpha value is -1.41. The molecule has 0 radical (unpaired) electrons. The van der Waals surface area contributed by atoms with Crippen LogP contribution in [0.3, 0.4) is 0 Å². The summed E-state index contributed by atoms with van der Waals surface area (Å²) in [4.78, 5) is 16.6. The van der Waals surface area contributed by atoms with E-state index in [2.05, 4.69) is 10.3 Å². The standard InChI is InChI=1S/C13H13F3N2OS2/c1-7-10(20-6-17-7)5-12(19)18-8(2)9-3-4-11(21-9)13(14,15)16/h3-4,6,8H,5H2,1-2H3,(H,18,19). The maximum atomic E-state index is 12.5. The Bertz CT molecular complexity index is 633. The number of rotatable bonds is 4. The summed E-state index contributed by atoms with van der Waals surface area (Å²) in [5.41, 5.74) is 2.47. The lowest BCUT2D eigenvalue weighted by Crippen LogP contribution is -2.27. The van der Waals surface area contributed by atoms with Crippen LogP contribution >= 0.6 is 22.7 Å². The lowest BCUT2D eigenvalue weighted by molar-refractivity contribution is -0.134. The molecule has 0 saturated heterocycles. The second-order valence-electron chi connectivity index (χ2n) is 4.53. The molecular formula is C13H13F3N2OS2. The lowest BCUT2D eigenvalue weighted by Gasteiger charge is -2.12. The van der Waals surface area contributed by atoms with Crippen LogP contribution in [0.15, 0.2) is 17.6 Å². The van der Waals surface area contributed by atoms with Crippen molar-refractivity contribution in [2.24, 2.45) is 0 Å². The summed E-state index contributed by atoms with van der Waals surface area (Å²) in [6.45, 7) is 3.49. The largest absolute Gasteiger partial charge is 0.425 e. The molecule has 0 aromatic carbocycles. The number of amides is 1. The third-order valence-corrected chi connectivity index (χ3v) is 5.12. The van der Waals surface area contributed by atoms with E-state index < -0.39 is 17.1 Å². The van der Waals surface area contributed by atoms with Crippen molar-refractivity contribution in [1.29, 1.82) is 0 Å². The van der Waals surface area contributed by atoms with Gasteiger partial charge in [0.25, 0.3) is 0 Å². The molecule has 0 fully saturated rings. The summed E-state index contributed by atoms with van der Waals surface area (Å²) in [5.74, 6) is -0.225. The topological polar surface area (TPSA) is 42.0 Å². The zero-order valence-electron chi connectivity index (χ0n) is 11.3. The van der Waals surface area contributed by atoms with Crippen LogP contribution in [0.1, 0.15) is 33.3 Å². The summed E-state index contributed by atoms with van der Waals surface area (Å²) in [5, 5.41) is 2.71. The van der Waals surface area contributed by atoms with Crippen molar-refractivity contribution in [2.75, 3.05) is 0 Å². The number of aromatic nitrogens is 1.